The van der Waals surface area contributed by atoms with Crippen LogP contribution in [-0.4, -0.2) is 22.3 Å². The minimum Gasteiger partial charge on any atom is -0.483 e. The SMILES string of the molecule is Cc1nn(Cc2ccccc2)c(C)c1CNC(=O)COc1ccccc1C(C)C. The molecule has 0 fully saturated rings. The summed E-state index contributed by atoms with van der Waals surface area (Å²) in [6, 6.07) is 18.1. The number of para-hydroxylation sites is 1. The van der Waals surface area contributed by atoms with Gasteiger partial charge >= 0.3 is 0 Å². The Balaban J connectivity index is 1.58. The van der Waals surface area contributed by atoms with Crippen LogP contribution in [0.25, 0.3) is 0 Å². The first kappa shape index (κ1) is 20.6. The summed E-state index contributed by atoms with van der Waals surface area (Å²) in [5.41, 5.74) is 5.36. The van der Waals surface area contributed by atoms with Crippen molar-refractivity contribution in [3.05, 3.63) is 82.7 Å². The number of nitrogens with one attached hydrogen (secondary N) is 1. The summed E-state index contributed by atoms with van der Waals surface area (Å²) in [6.45, 7) is 9.41. The first-order chi connectivity index (χ1) is 14.0. The predicted octanol–water partition coefficient (Wildman–Crippen LogP) is 4.37. The predicted molar refractivity (Wildman–Crippen MR) is 115 cm³/mol. The quantitative estimate of drug-likeness (QED) is 0.620. The molecular formula is C24H29N3O2. The van der Waals surface area contributed by atoms with Gasteiger partial charge in [0.1, 0.15) is 5.75 Å². The maximum atomic E-state index is 12.3. The molecule has 0 aliphatic heterocycles. The van der Waals surface area contributed by atoms with E-state index in [0.717, 1.165) is 34.8 Å². The van der Waals surface area contributed by atoms with Crippen molar-refractivity contribution in [3.63, 3.8) is 0 Å². The van der Waals surface area contributed by atoms with Crippen molar-refractivity contribution in [1.82, 2.24) is 15.1 Å². The second-order valence-electron chi connectivity index (χ2n) is 7.55. The molecule has 2 aromatic carbocycles. The Morgan fingerprint density at radius 2 is 1.76 bits per heavy atom. The molecule has 1 amide bonds. The molecule has 0 aliphatic carbocycles. The number of aromatic nitrogens is 2. The highest BCUT2D eigenvalue weighted by Crippen LogP contribution is 2.25. The van der Waals surface area contributed by atoms with E-state index >= 15 is 0 Å². The number of amides is 1. The zero-order valence-corrected chi connectivity index (χ0v) is 17.6. The summed E-state index contributed by atoms with van der Waals surface area (Å²) >= 11 is 0. The van der Waals surface area contributed by atoms with Gasteiger partial charge in [0, 0.05) is 17.8 Å². The Bertz CT molecular complexity index is 962. The van der Waals surface area contributed by atoms with E-state index in [4.69, 9.17) is 4.74 Å². The van der Waals surface area contributed by atoms with Crippen LogP contribution in [0.4, 0.5) is 0 Å². The summed E-state index contributed by atoms with van der Waals surface area (Å²) in [5.74, 6) is 0.967. The topological polar surface area (TPSA) is 56.2 Å². The van der Waals surface area contributed by atoms with E-state index in [9.17, 15) is 4.79 Å². The molecule has 152 valence electrons. The van der Waals surface area contributed by atoms with Crippen molar-refractivity contribution < 1.29 is 9.53 Å². The van der Waals surface area contributed by atoms with E-state index < -0.39 is 0 Å². The first-order valence-corrected chi connectivity index (χ1v) is 10.0. The average Bonchev–Trinajstić information content (AvgIpc) is 2.98. The Morgan fingerprint density at radius 1 is 1.07 bits per heavy atom. The molecule has 3 rings (SSSR count). The molecule has 5 nitrogen and oxygen atoms in total. The van der Waals surface area contributed by atoms with Crippen LogP contribution in [0.15, 0.2) is 54.6 Å². The maximum absolute atomic E-state index is 12.3. The molecule has 1 N–H and O–H groups in total. The highest BCUT2D eigenvalue weighted by molar-refractivity contribution is 5.77. The molecule has 1 heterocycles. The van der Waals surface area contributed by atoms with E-state index in [1.54, 1.807) is 0 Å². The van der Waals surface area contributed by atoms with Crippen molar-refractivity contribution in [2.75, 3.05) is 6.61 Å². The van der Waals surface area contributed by atoms with Crippen molar-refractivity contribution in [2.24, 2.45) is 0 Å². The lowest BCUT2D eigenvalue weighted by Crippen LogP contribution is -2.29. The second-order valence-corrected chi connectivity index (χ2v) is 7.55. The molecule has 0 bridgehead atoms. The number of ether oxygens (including phenoxy) is 1. The summed E-state index contributed by atoms with van der Waals surface area (Å²) in [6.07, 6.45) is 0. The van der Waals surface area contributed by atoms with Crippen LogP contribution >= 0.6 is 0 Å². The molecule has 0 aliphatic rings. The molecule has 0 atom stereocenters. The fourth-order valence-corrected chi connectivity index (χ4v) is 3.37. The normalized spacial score (nSPS) is 10.9. The zero-order chi connectivity index (χ0) is 20.8. The number of hydrogen-bond acceptors (Lipinski definition) is 3. The van der Waals surface area contributed by atoms with Gasteiger partial charge in [-0.25, -0.2) is 0 Å². The summed E-state index contributed by atoms with van der Waals surface area (Å²) in [5, 5.41) is 7.60. The van der Waals surface area contributed by atoms with E-state index in [1.165, 1.54) is 5.56 Å². The third-order valence-corrected chi connectivity index (χ3v) is 5.07. The van der Waals surface area contributed by atoms with Gasteiger partial charge in [0.25, 0.3) is 5.91 Å². The number of carbonyl (C=O) groups is 1. The van der Waals surface area contributed by atoms with Crippen LogP contribution in [0.5, 0.6) is 5.75 Å². The Kier molecular flexibility index (Phi) is 6.70. The summed E-state index contributed by atoms with van der Waals surface area (Å²) in [4.78, 5) is 12.3. The fourth-order valence-electron chi connectivity index (χ4n) is 3.37. The molecule has 5 heteroatoms. The van der Waals surface area contributed by atoms with Crippen LogP contribution in [0, 0.1) is 13.8 Å². The van der Waals surface area contributed by atoms with Crippen LogP contribution in [0.2, 0.25) is 0 Å². The molecule has 0 radical (unpaired) electrons. The molecule has 1 aromatic heterocycles. The number of aryl methyl sites for hydroxylation is 1. The van der Waals surface area contributed by atoms with Crippen LogP contribution < -0.4 is 10.1 Å². The van der Waals surface area contributed by atoms with Crippen LogP contribution in [0.1, 0.15) is 47.8 Å². The Hall–Kier alpha value is -3.08. The Labute approximate surface area is 172 Å². The van der Waals surface area contributed by atoms with E-state index in [1.807, 2.05) is 61.0 Å². The van der Waals surface area contributed by atoms with Gasteiger partial charge in [-0.1, -0.05) is 62.4 Å². The molecule has 0 saturated heterocycles. The fraction of sp³-hybridized carbons (Fsp3) is 0.333. The lowest BCUT2D eigenvalue weighted by molar-refractivity contribution is -0.123. The van der Waals surface area contributed by atoms with Gasteiger partial charge in [-0.15, -0.1) is 0 Å². The van der Waals surface area contributed by atoms with E-state index in [2.05, 4.69) is 36.4 Å². The third-order valence-electron chi connectivity index (χ3n) is 5.07. The van der Waals surface area contributed by atoms with Gasteiger partial charge in [0.05, 0.1) is 12.2 Å². The van der Waals surface area contributed by atoms with Crippen LogP contribution in [-0.2, 0) is 17.9 Å². The van der Waals surface area contributed by atoms with Gasteiger partial charge in [0.2, 0.25) is 0 Å². The minimum absolute atomic E-state index is 0.0000188. The van der Waals surface area contributed by atoms with Gasteiger partial charge in [0.15, 0.2) is 6.61 Å². The van der Waals surface area contributed by atoms with Gasteiger partial charge < -0.3 is 10.1 Å². The third kappa shape index (κ3) is 5.25. The lowest BCUT2D eigenvalue weighted by atomic mass is 10.0. The Morgan fingerprint density at radius 3 is 2.48 bits per heavy atom. The molecule has 29 heavy (non-hydrogen) atoms. The zero-order valence-electron chi connectivity index (χ0n) is 17.6. The largest absolute Gasteiger partial charge is 0.483 e. The smallest absolute Gasteiger partial charge is 0.258 e. The summed E-state index contributed by atoms with van der Waals surface area (Å²) in [7, 11) is 0. The van der Waals surface area contributed by atoms with Crippen molar-refractivity contribution in [1.29, 1.82) is 0 Å². The number of carbonyl (C=O) groups excluding carboxylic acids is 1. The first-order valence-electron chi connectivity index (χ1n) is 10.0. The van der Waals surface area contributed by atoms with Crippen molar-refractivity contribution in [3.8, 4) is 5.75 Å². The number of hydrogen-bond donors (Lipinski definition) is 1. The average molecular weight is 392 g/mol. The number of benzene rings is 2. The van der Waals surface area contributed by atoms with Crippen molar-refractivity contribution in [2.45, 2.75) is 46.7 Å². The van der Waals surface area contributed by atoms with Gasteiger partial charge in [-0.3, -0.25) is 9.48 Å². The molecule has 3 aromatic rings. The second kappa shape index (κ2) is 9.41. The lowest BCUT2D eigenvalue weighted by Gasteiger charge is -2.13. The van der Waals surface area contributed by atoms with Gasteiger partial charge in [-0.2, -0.15) is 5.10 Å². The number of rotatable bonds is 8. The monoisotopic (exact) mass is 391 g/mol. The van der Waals surface area contributed by atoms with E-state index in [0.29, 0.717) is 12.5 Å². The maximum Gasteiger partial charge on any atom is 0.258 e. The molecular weight excluding hydrogens is 362 g/mol. The number of nitrogens with zero attached hydrogens (tertiary/aromatic N) is 2. The summed E-state index contributed by atoms with van der Waals surface area (Å²) < 4.78 is 7.75. The molecule has 0 saturated carbocycles. The molecule has 0 spiro atoms. The highest BCUT2D eigenvalue weighted by atomic mass is 16.5. The van der Waals surface area contributed by atoms with Crippen molar-refractivity contribution >= 4 is 5.91 Å². The minimum atomic E-state index is -0.141. The van der Waals surface area contributed by atoms with E-state index in [-0.39, 0.29) is 12.5 Å². The molecule has 0 unspecified atom stereocenters. The highest BCUT2D eigenvalue weighted by Gasteiger charge is 2.14. The van der Waals surface area contributed by atoms with Crippen LogP contribution in [0.3, 0.4) is 0 Å². The van der Waals surface area contributed by atoms with Gasteiger partial charge in [-0.05, 0) is 37.0 Å². The standard InChI is InChI=1S/C24H29N3O2/c1-17(2)21-12-8-9-13-23(21)29-16-24(28)25-14-22-18(3)26-27(19(22)4)15-20-10-6-5-7-11-20/h5-13,17H,14-16H2,1-4H3,(H,25,28).